The molecule has 0 radical (unpaired) electrons. The largest absolute Gasteiger partial charge is 0.465 e. The Kier molecular flexibility index (Phi) is 3.92. The van der Waals surface area contributed by atoms with Crippen LogP contribution in [0.4, 0.5) is 10.5 Å². The number of aliphatic hydroxyl groups excluding tert-OH is 1. The van der Waals surface area contributed by atoms with Crippen molar-refractivity contribution < 1.29 is 19.8 Å². The first-order valence-electron chi connectivity index (χ1n) is 8.40. The van der Waals surface area contributed by atoms with E-state index in [-0.39, 0.29) is 10.4 Å². The third-order valence-corrected chi connectivity index (χ3v) is 5.48. The van der Waals surface area contributed by atoms with Gasteiger partial charge in [-0.25, -0.2) is 14.1 Å². The summed E-state index contributed by atoms with van der Waals surface area (Å²) < 4.78 is 0.126. The second-order valence-corrected chi connectivity index (χ2v) is 7.77. The molecule has 0 aromatic heterocycles. The average Bonchev–Trinajstić information content (AvgIpc) is 3.00. The standard InChI is InChI=1S/C18H24N2O4/c1-18(2,3)20(9-8-14(16(20)22)19-17(23)24)12-5-6-13-11(10-12)4-7-15(13)21/h5-6,10,14-15,19,21H,4,7-9H2,1-3H3/p+1. The molecule has 0 spiro atoms. The summed E-state index contributed by atoms with van der Waals surface area (Å²) in [6, 6.07) is 5.18. The lowest BCUT2D eigenvalue weighted by Gasteiger charge is -2.43. The van der Waals surface area contributed by atoms with Gasteiger partial charge >= 0.3 is 12.0 Å². The van der Waals surface area contributed by atoms with E-state index < -0.39 is 23.8 Å². The zero-order valence-corrected chi connectivity index (χ0v) is 14.4. The number of carboxylic acid groups (broad SMARTS) is 1. The third kappa shape index (κ3) is 2.41. The summed E-state index contributed by atoms with van der Waals surface area (Å²) in [6.07, 6.45) is 0.416. The number of nitrogens with zero attached hydrogens (tertiary/aromatic N) is 1. The summed E-state index contributed by atoms with van der Waals surface area (Å²) in [6.45, 7) is 6.59. The highest BCUT2D eigenvalue weighted by Crippen LogP contribution is 2.42. The van der Waals surface area contributed by atoms with Crippen molar-refractivity contribution in [3.63, 3.8) is 0 Å². The van der Waals surface area contributed by atoms with Crippen LogP contribution in [0, 0.1) is 0 Å². The zero-order chi connectivity index (χ0) is 17.7. The Labute approximate surface area is 141 Å². The van der Waals surface area contributed by atoms with Crippen molar-refractivity contribution in [1.82, 2.24) is 9.80 Å². The molecular weight excluding hydrogens is 308 g/mol. The van der Waals surface area contributed by atoms with Crippen molar-refractivity contribution in [1.29, 1.82) is 0 Å². The number of likely N-dealkylation sites (tertiary alicyclic amines) is 1. The lowest BCUT2D eigenvalue weighted by Crippen LogP contribution is -2.64. The summed E-state index contributed by atoms with van der Waals surface area (Å²) in [5.41, 5.74) is 2.52. The lowest BCUT2D eigenvalue weighted by molar-refractivity contribution is -0.132. The quantitative estimate of drug-likeness (QED) is 0.725. The summed E-state index contributed by atoms with van der Waals surface area (Å²) in [4.78, 5) is 24.2. The molecule has 130 valence electrons. The molecule has 3 rings (SSSR count). The first-order valence-corrected chi connectivity index (χ1v) is 8.40. The van der Waals surface area contributed by atoms with Gasteiger partial charge in [0.15, 0.2) is 6.04 Å². The van der Waals surface area contributed by atoms with E-state index in [2.05, 4.69) is 5.32 Å². The van der Waals surface area contributed by atoms with E-state index in [4.69, 9.17) is 5.11 Å². The van der Waals surface area contributed by atoms with E-state index in [1.807, 2.05) is 39.0 Å². The molecule has 3 unspecified atom stereocenters. The Morgan fingerprint density at radius 3 is 2.62 bits per heavy atom. The van der Waals surface area contributed by atoms with E-state index in [9.17, 15) is 14.7 Å². The first kappa shape index (κ1) is 16.9. The Bertz CT molecular complexity index is 695. The number of fused-ring (bicyclic) bond motifs is 1. The molecular formula is C18H25N2O4+. The Morgan fingerprint density at radius 1 is 1.29 bits per heavy atom. The molecule has 6 heteroatoms. The molecule has 0 bridgehead atoms. The number of amides is 2. The number of carbonyl (C=O) groups excluding carboxylic acids is 1. The molecule has 6 nitrogen and oxygen atoms in total. The summed E-state index contributed by atoms with van der Waals surface area (Å²) in [5.74, 6) is -0.108. The predicted molar refractivity (Wildman–Crippen MR) is 90.7 cm³/mol. The topological polar surface area (TPSA) is 86.6 Å². The van der Waals surface area contributed by atoms with E-state index in [1.54, 1.807) is 0 Å². The number of nitrogens with one attached hydrogen (secondary N) is 1. The van der Waals surface area contributed by atoms with Crippen molar-refractivity contribution in [3.8, 4) is 0 Å². The molecule has 0 saturated carbocycles. The molecule has 3 N–H and O–H groups in total. The lowest BCUT2D eigenvalue weighted by atomic mass is 9.98. The first-order chi connectivity index (χ1) is 11.2. The molecule has 1 fully saturated rings. The van der Waals surface area contributed by atoms with Gasteiger partial charge in [0, 0.05) is 18.6 Å². The maximum atomic E-state index is 13.2. The SMILES string of the molecule is CC(C)(C)[N+]1(c2ccc3c(c2)CCC3O)CCC(NC(=O)O)C1=O. The van der Waals surface area contributed by atoms with Gasteiger partial charge in [0.2, 0.25) is 0 Å². The van der Waals surface area contributed by atoms with Crippen molar-refractivity contribution in [2.75, 3.05) is 6.54 Å². The van der Waals surface area contributed by atoms with E-state index >= 15 is 0 Å². The van der Waals surface area contributed by atoms with E-state index in [1.165, 1.54) is 0 Å². The van der Waals surface area contributed by atoms with Gasteiger partial charge in [0.1, 0.15) is 11.2 Å². The van der Waals surface area contributed by atoms with Gasteiger partial charge in [-0.05, 0) is 44.7 Å². The minimum atomic E-state index is -1.17. The summed E-state index contributed by atoms with van der Waals surface area (Å²) >= 11 is 0. The van der Waals surface area contributed by atoms with Crippen LogP contribution in [-0.2, 0) is 11.2 Å². The highest BCUT2D eigenvalue weighted by molar-refractivity contribution is 5.97. The third-order valence-electron chi connectivity index (χ3n) is 5.48. The number of hydrogen-bond acceptors (Lipinski definition) is 3. The minimum absolute atomic E-state index is 0.108. The van der Waals surface area contributed by atoms with Crippen molar-refractivity contribution in [2.24, 2.45) is 0 Å². The van der Waals surface area contributed by atoms with Crippen LogP contribution in [0.5, 0.6) is 0 Å². The van der Waals surface area contributed by atoms with Crippen LogP contribution in [0.15, 0.2) is 18.2 Å². The van der Waals surface area contributed by atoms with Gasteiger partial charge in [-0.2, -0.15) is 0 Å². The average molecular weight is 333 g/mol. The van der Waals surface area contributed by atoms with Crippen LogP contribution in [0.3, 0.4) is 0 Å². The number of quaternary nitrogens is 1. The number of aliphatic hydroxyl groups is 1. The highest BCUT2D eigenvalue weighted by Gasteiger charge is 2.57. The van der Waals surface area contributed by atoms with Crippen LogP contribution >= 0.6 is 0 Å². The van der Waals surface area contributed by atoms with Crippen molar-refractivity contribution >= 4 is 17.7 Å². The van der Waals surface area contributed by atoms with Gasteiger partial charge in [-0.15, -0.1) is 0 Å². The molecule has 1 aromatic rings. The molecule has 1 aromatic carbocycles. The fourth-order valence-corrected chi connectivity index (χ4v) is 4.23. The van der Waals surface area contributed by atoms with Crippen LogP contribution < -0.4 is 9.80 Å². The van der Waals surface area contributed by atoms with Gasteiger partial charge in [0.25, 0.3) is 0 Å². The minimum Gasteiger partial charge on any atom is -0.465 e. The van der Waals surface area contributed by atoms with Crippen molar-refractivity contribution in [2.45, 2.75) is 57.7 Å². The second kappa shape index (κ2) is 5.57. The fourth-order valence-electron chi connectivity index (χ4n) is 4.23. The molecule has 1 aliphatic carbocycles. The molecule has 2 aliphatic rings. The normalized spacial score (nSPS) is 29.6. The van der Waals surface area contributed by atoms with Crippen LogP contribution in [-0.4, -0.2) is 40.3 Å². The Hall–Kier alpha value is -1.92. The molecule has 3 atom stereocenters. The highest BCUT2D eigenvalue weighted by atomic mass is 16.4. The van der Waals surface area contributed by atoms with Gasteiger partial charge in [-0.3, -0.25) is 0 Å². The molecule has 1 saturated heterocycles. The van der Waals surface area contributed by atoms with E-state index in [0.29, 0.717) is 19.4 Å². The van der Waals surface area contributed by atoms with Crippen LogP contribution in [0.1, 0.15) is 50.8 Å². The maximum absolute atomic E-state index is 13.2. The van der Waals surface area contributed by atoms with E-state index in [0.717, 1.165) is 23.2 Å². The number of benzene rings is 1. The molecule has 1 aliphatic heterocycles. The van der Waals surface area contributed by atoms with Gasteiger partial charge < -0.3 is 15.5 Å². The Balaban J connectivity index is 2.06. The second-order valence-electron chi connectivity index (χ2n) is 7.77. The number of rotatable bonds is 2. The number of carbonyl (C=O) groups is 2. The smallest absolute Gasteiger partial charge is 0.405 e. The Morgan fingerprint density at radius 2 is 2.00 bits per heavy atom. The van der Waals surface area contributed by atoms with Gasteiger partial charge in [-0.1, -0.05) is 6.07 Å². The summed E-state index contributed by atoms with van der Waals surface area (Å²) in [5, 5.41) is 21.4. The summed E-state index contributed by atoms with van der Waals surface area (Å²) in [7, 11) is 0. The molecule has 1 heterocycles. The fraction of sp³-hybridized carbons (Fsp3) is 0.556. The monoisotopic (exact) mass is 333 g/mol. The maximum Gasteiger partial charge on any atom is 0.405 e. The molecule has 24 heavy (non-hydrogen) atoms. The van der Waals surface area contributed by atoms with Crippen LogP contribution in [0.2, 0.25) is 0 Å². The predicted octanol–water partition coefficient (Wildman–Crippen LogP) is 2.34. The van der Waals surface area contributed by atoms with Gasteiger partial charge in [0.05, 0.1) is 12.6 Å². The number of aryl methyl sites for hydroxylation is 1. The zero-order valence-electron chi connectivity index (χ0n) is 14.4. The van der Waals surface area contributed by atoms with Crippen LogP contribution in [0.25, 0.3) is 0 Å². The molecule has 2 amide bonds. The van der Waals surface area contributed by atoms with Crippen molar-refractivity contribution in [3.05, 3.63) is 29.3 Å². The number of hydrogen-bond donors (Lipinski definition) is 3.